The Kier molecular flexibility index (Phi) is 8.89. The molecule has 7 nitrogen and oxygen atoms in total. The number of likely N-dealkylation sites (tertiary alicyclic amines) is 1. The van der Waals surface area contributed by atoms with Gasteiger partial charge in [-0.3, -0.25) is 19.4 Å². The normalized spacial score (nSPS) is 21.5. The molecule has 1 unspecified atom stereocenters. The molecule has 5 rings (SSSR count). The van der Waals surface area contributed by atoms with E-state index in [9.17, 15) is 19.8 Å². The van der Waals surface area contributed by atoms with Crippen LogP contribution in [0.2, 0.25) is 10.0 Å². The van der Waals surface area contributed by atoms with E-state index in [4.69, 9.17) is 27.9 Å². The van der Waals surface area contributed by atoms with E-state index in [1.807, 2.05) is 11.8 Å². The number of methoxy groups -OCH3 is 1. The number of carbonyl (C=O) groups excluding carboxylic acids is 1. The van der Waals surface area contributed by atoms with E-state index in [1.54, 1.807) is 61.5 Å². The van der Waals surface area contributed by atoms with Gasteiger partial charge in [0.15, 0.2) is 5.72 Å². The van der Waals surface area contributed by atoms with Gasteiger partial charge in [0.25, 0.3) is 5.91 Å². The molecule has 0 aromatic heterocycles. The van der Waals surface area contributed by atoms with Gasteiger partial charge in [0.05, 0.1) is 16.7 Å². The van der Waals surface area contributed by atoms with Crippen molar-refractivity contribution in [3.63, 3.8) is 0 Å². The summed E-state index contributed by atoms with van der Waals surface area (Å²) in [7, 11) is 1.44. The third kappa shape index (κ3) is 5.44. The van der Waals surface area contributed by atoms with Crippen LogP contribution in [0, 0.1) is 11.7 Å². The van der Waals surface area contributed by atoms with Crippen LogP contribution in [0.4, 0.5) is 4.39 Å². The maximum Gasteiger partial charge on any atom is 0.320 e. The molecule has 2 heterocycles. The molecule has 0 bridgehead atoms. The highest BCUT2D eigenvalue weighted by Gasteiger charge is 2.54. The van der Waals surface area contributed by atoms with Gasteiger partial charge in [0.2, 0.25) is 0 Å². The second-order valence-corrected chi connectivity index (χ2v) is 12.2. The number of piperidine rings is 1. The van der Waals surface area contributed by atoms with Crippen LogP contribution in [0.1, 0.15) is 65.7 Å². The molecule has 2 aliphatic rings. The molecule has 3 atom stereocenters. The van der Waals surface area contributed by atoms with Crippen LogP contribution in [0.15, 0.2) is 60.7 Å². The Morgan fingerprint density at radius 1 is 1.09 bits per heavy atom. The van der Waals surface area contributed by atoms with E-state index in [1.165, 1.54) is 18.1 Å². The number of aliphatic hydroxyl groups is 1. The highest BCUT2D eigenvalue weighted by Crippen LogP contribution is 2.49. The second-order valence-electron chi connectivity index (χ2n) is 11.4. The number of fused-ring (bicyclic) bond motifs is 1. The van der Waals surface area contributed by atoms with Crippen LogP contribution in [-0.4, -0.2) is 58.1 Å². The first kappa shape index (κ1) is 31.4. The van der Waals surface area contributed by atoms with Crippen LogP contribution < -0.4 is 0 Å². The molecule has 228 valence electrons. The van der Waals surface area contributed by atoms with Gasteiger partial charge in [-0.2, -0.15) is 0 Å². The molecule has 0 spiro atoms. The average molecular weight is 630 g/mol. The third-order valence-electron chi connectivity index (χ3n) is 9.22. The van der Waals surface area contributed by atoms with Gasteiger partial charge in [-0.05, 0) is 92.7 Å². The standard InChI is InChI=1S/C33H35Cl2FN2O5/c1-4-32(42,22-13-15-37(16-14-22)20(2)31(40)41)24-17-27-29(28(36)18-24)33(43-3,23-7-11-26(35)12-8-23)38(30(27)39)19-21-5-9-25(34)10-6-21/h5-12,17-18,20,22,42H,4,13-16,19H2,1-3H3,(H,40,41)/t20?,32-,33+/m0/s1. The number of carbonyl (C=O) groups is 2. The van der Waals surface area contributed by atoms with Crippen molar-refractivity contribution in [2.75, 3.05) is 20.2 Å². The van der Waals surface area contributed by atoms with Gasteiger partial charge in [-0.15, -0.1) is 0 Å². The van der Waals surface area contributed by atoms with Crippen molar-refractivity contribution >= 4 is 35.1 Å². The molecule has 2 aliphatic heterocycles. The Hall–Kier alpha value is -3.01. The Balaban J connectivity index is 1.59. The van der Waals surface area contributed by atoms with Crippen LogP contribution in [0.25, 0.3) is 0 Å². The second kappa shape index (κ2) is 12.2. The first-order chi connectivity index (χ1) is 20.5. The molecule has 2 N–H and O–H groups in total. The van der Waals surface area contributed by atoms with Gasteiger partial charge in [-0.1, -0.05) is 54.4 Å². The summed E-state index contributed by atoms with van der Waals surface area (Å²) in [5.74, 6) is -2.25. The predicted octanol–water partition coefficient (Wildman–Crippen LogP) is 6.42. The minimum Gasteiger partial charge on any atom is -0.480 e. The lowest BCUT2D eigenvalue weighted by Crippen LogP contribution is -2.48. The predicted molar refractivity (Wildman–Crippen MR) is 163 cm³/mol. The van der Waals surface area contributed by atoms with E-state index in [-0.39, 0.29) is 23.6 Å². The maximum absolute atomic E-state index is 16.5. The maximum atomic E-state index is 16.5. The molecule has 43 heavy (non-hydrogen) atoms. The van der Waals surface area contributed by atoms with Crippen LogP contribution in [0.5, 0.6) is 0 Å². The minimum absolute atomic E-state index is 0.0728. The van der Waals surface area contributed by atoms with Crippen molar-refractivity contribution in [3.05, 3.63) is 104 Å². The van der Waals surface area contributed by atoms with E-state index in [0.717, 1.165) is 5.56 Å². The number of carboxylic acids is 1. The number of aliphatic carboxylic acids is 1. The highest BCUT2D eigenvalue weighted by molar-refractivity contribution is 6.30. The van der Waals surface area contributed by atoms with Crippen molar-refractivity contribution in [2.45, 2.75) is 57.0 Å². The Bertz CT molecular complexity index is 1510. The lowest BCUT2D eigenvalue weighted by Gasteiger charge is -2.42. The first-order valence-electron chi connectivity index (χ1n) is 14.4. The van der Waals surface area contributed by atoms with E-state index in [2.05, 4.69) is 0 Å². The monoisotopic (exact) mass is 628 g/mol. The number of halogens is 3. The van der Waals surface area contributed by atoms with Crippen molar-refractivity contribution in [3.8, 4) is 0 Å². The third-order valence-corrected chi connectivity index (χ3v) is 9.72. The minimum atomic E-state index is -1.60. The zero-order chi connectivity index (χ0) is 31.1. The number of hydrogen-bond acceptors (Lipinski definition) is 5. The van der Waals surface area contributed by atoms with Crippen LogP contribution in [-0.2, 0) is 27.4 Å². The summed E-state index contributed by atoms with van der Waals surface area (Å²) < 4.78 is 22.7. The number of benzene rings is 3. The largest absolute Gasteiger partial charge is 0.480 e. The fourth-order valence-electron chi connectivity index (χ4n) is 6.70. The summed E-state index contributed by atoms with van der Waals surface area (Å²) >= 11 is 12.3. The number of carboxylic acid groups (broad SMARTS) is 1. The van der Waals surface area contributed by atoms with E-state index in [0.29, 0.717) is 53.5 Å². The summed E-state index contributed by atoms with van der Waals surface area (Å²) in [5.41, 5.74) is -1.21. The molecule has 1 fully saturated rings. The van der Waals surface area contributed by atoms with E-state index < -0.39 is 35.1 Å². The zero-order valence-electron chi connectivity index (χ0n) is 24.3. The number of nitrogens with zero attached hydrogens (tertiary/aromatic N) is 2. The summed E-state index contributed by atoms with van der Waals surface area (Å²) in [6, 6.07) is 16.1. The van der Waals surface area contributed by atoms with Crippen molar-refractivity contribution in [1.29, 1.82) is 0 Å². The molecule has 0 saturated carbocycles. The lowest BCUT2D eigenvalue weighted by atomic mass is 9.73. The number of rotatable bonds is 9. The smallest absolute Gasteiger partial charge is 0.320 e. The fourth-order valence-corrected chi connectivity index (χ4v) is 6.96. The summed E-state index contributed by atoms with van der Waals surface area (Å²) in [6.07, 6.45) is 1.35. The summed E-state index contributed by atoms with van der Waals surface area (Å²) in [6.45, 7) is 4.57. The van der Waals surface area contributed by atoms with Crippen molar-refractivity contribution in [2.24, 2.45) is 5.92 Å². The Labute approximate surface area is 260 Å². The number of amides is 1. The topological polar surface area (TPSA) is 90.3 Å². The highest BCUT2D eigenvalue weighted by atomic mass is 35.5. The molecule has 1 amide bonds. The zero-order valence-corrected chi connectivity index (χ0v) is 25.8. The van der Waals surface area contributed by atoms with Gasteiger partial charge in [-0.25, -0.2) is 4.39 Å². The first-order valence-corrected chi connectivity index (χ1v) is 15.1. The summed E-state index contributed by atoms with van der Waals surface area (Å²) in [4.78, 5) is 29.1. The van der Waals surface area contributed by atoms with Crippen molar-refractivity contribution in [1.82, 2.24) is 9.80 Å². The Morgan fingerprint density at radius 2 is 1.67 bits per heavy atom. The molecule has 10 heteroatoms. The molecular weight excluding hydrogens is 594 g/mol. The molecule has 1 saturated heterocycles. The van der Waals surface area contributed by atoms with E-state index >= 15 is 4.39 Å². The average Bonchev–Trinajstić information content (AvgIpc) is 3.25. The van der Waals surface area contributed by atoms with Crippen LogP contribution >= 0.6 is 23.2 Å². The number of ether oxygens (including phenoxy) is 1. The Morgan fingerprint density at radius 3 is 2.21 bits per heavy atom. The van der Waals surface area contributed by atoms with Gasteiger partial charge >= 0.3 is 5.97 Å². The quantitative estimate of drug-likeness (QED) is 0.284. The molecule has 0 radical (unpaired) electrons. The molecule has 0 aliphatic carbocycles. The van der Waals surface area contributed by atoms with Gasteiger partial charge in [0.1, 0.15) is 11.9 Å². The fraction of sp³-hybridized carbons (Fsp3) is 0.394. The summed E-state index contributed by atoms with van der Waals surface area (Å²) in [5, 5.41) is 22.5. The molecular formula is C33H35Cl2FN2O5. The van der Waals surface area contributed by atoms with Crippen LogP contribution in [0.3, 0.4) is 0 Å². The lowest BCUT2D eigenvalue weighted by molar-refractivity contribution is -0.144. The van der Waals surface area contributed by atoms with Gasteiger partial charge in [0, 0.05) is 29.3 Å². The number of hydrogen-bond donors (Lipinski definition) is 2. The van der Waals surface area contributed by atoms with Gasteiger partial charge < -0.3 is 14.9 Å². The SMILES string of the molecule is CC[C@@](O)(c1cc(F)c2c(c1)C(=O)N(Cc1ccc(Cl)cc1)[C@@]2(OC)c1ccc(Cl)cc1)C1CCN(C(C)C(=O)O)CC1. The molecule has 3 aromatic rings. The molecule has 3 aromatic carbocycles. The van der Waals surface area contributed by atoms with Crippen molar-refractivity contribution < 1.29 is 28.9 Å².